The molecular formula is C26H31N7O3. The number of pyridine rings is 2. The van der Waals surface area contributed by atoms with Crippen LogP contribution in [-0.2, 0) is 17.8 Å². The van der Waals surface area contributed by atoms with E-state index in [0.717, 1.165) is 48.6 Å². The van der Waals surface area contributed by atoms with Gasteiger partial charge in [0.25, 0.3) is 5.91 Å². The Hall–Kier alpha value is -3.47. The van der Waals surface area contributed by atoms with Gasteiger partial charge < -0.3 is 20.1 Å². The summed E-state index contributed by atoms with van der Waals surface area (Å²) in [5, 5.41) is 13.1. The zero-order valence-electron chi connectivity index (χ0n) is 20.8. The highest BCUT2D eigenvalue weighted by molar-refractivity contribution is 5.94. The molecule has 5 heterocycles. The number of anilines is 2. The normalized spacial score (nSPS) is 20.7. The quantitative estimate of drug-likeness (QED) is 0.504. The lowest BCUT2D eigenvalue weighted by molar-refractivity contribution is -0.0799. The van der Waals surface area contributed by atoms with Crippen LogP contribution in [0.1, 0.15) is 59.1 Å². The standard InChI is InChI=1S/C26H31N7O3/c1-16-4-5-20(13-28-16)30-26-29-12-19-14-32(15-23(19)31-26)21-7-9-33(17(2)10-21)24(34)18-6-8-27-22(11-18)25(35)36-3/h4-6,8,11-13,17,21,25,35H,7,9-10,14-15H2,1-3H3,(H,29,30,31)/t17-,21-,25?/m1/s1. The van der Waals surface area contributed by atoms with Crippen molar-refractivity contribution in [2.24, 2.45) is 0 Å². The van der Waals surface area contributed by atoms with Gasteiger partial charge in [-0.05, 0) is 51.0 Å². The monoisotopic (exact) mass is 489 g/mol. The molecule has 1 amide bonds. The van der Waals surface area contributed by atoms with E-state index in [9.17, 15) is 9.90 Å². The van der Waals surface area contributed by atoms with Gasteiger partial charge in [-0.3, -0.25) is 19.7 Å². The van der Waals surface area contributed by atoms with Crippen molar-refractivity contribution in [2.75, 3.05) is 19.0 Å². The number of aromatic nitrogens is 4. The average molecular weight is 490 g/mol. The second kappa shape index (κ2) is 10.3. The van der Waals surface area contributed by atoms with Crippen LogP contribution in [0.15, 0.2) is 42.9 Å². The molecule has 1 fully saturated rings. The SMILES string of the molecule is COC(O)c1cc(C(=O)N2CC[C@@H](N3Cc4cnc(Nc5ccc(C)nc5)nc4C3)C[C@H]2C)ccn1. The molecule has 10 nitrogen and oxygen atoms in total. The van der Waals surface area contributed by atoms with Gasteiger partial charge in [0, 0.05) is 68.0 Å². The molecule has 0 radical (unpaired) electrons. The first-order chi connectivity index (χ1) is 17.4. The van der Waals surface area contributed by atoms with Crippen molar-refractivity contribution in [1.82, 2.24) is 29.7 Å². The largest absolute Gasteiger partial charge is 0.363 e. The van der Waals surface area contributed by atoms with Crippen LogP contribution in [0.2, 0.25) is 0 Å². The highest BCUT2D eigenvalue weighted by Gasteiger charge is 2.35. The number of ether oxygens (including phenoxy) is 1. The van der Waals surface area contributed by atoms with E-state index in [4.69, 9.17) is 9.72 Å². The Morgan fingerprint density at radius 3 is 2.81 bits per heavy atom. The van der Waals surface area contributed by atoms with Crippen molar-refractivity contribution < 1.29 is 14.6 Å². The number of amides is 1. The van der Waals surface area contributed by atoms with Gasteiger partial charge in [0.15, 0.2) is 6.29 Å². The van der Waals surface area contributed by atoms with Crippen LogP contribution in [0.3, 0.4) is 0 Å². The predicted molar refractivity (Wildman–Crippen MR) is 133 cm³/mol. The van der Waals surface area contributed by atoms with Crippen molar-refractivity contribution >= 4 is 17.5 Å². The molecule has 1 unspecified atom stereocenters. The van der Waals surface area contributed by atoms with Gasteiger partial charge in [-0.1, -0.05) is 0 Å². The van der Waals surface area contributed by atoms with Crippen molar-refractivity contribution in [3.8, 4) is 0 Å². The number of aryl methyl sites for hydroxylation is 1. The summed E-state index contributed by atoms with van der Waals surface area (Å²) in [6.07, 6.45) is 5.83. The number of aliphatic hydroxyl groups excluding tert-OH is 1. The molecule has 3 aromatic rings. The number of carbonyl (C=O) groups is 1. The smallest absolute Gasteiger partial charge is 0.254 e. The number of aliphatic hydroxyl groups is 1. The van der Waals surface area contributed by atoms with Crippen LogP contribution in [0.4, 0.5) is 11.6 Å². The van der Waals surface area contributed by atoms with Crippen molar-refractivity contribution in [1.29, 1.82) is 0 Å². The molecule has 10 heteroatoms. The fourth-order valence-electron chi connectivity index (χ4n) is 4.95. The molecule has 3 aromatic heterocycles. The third-order valence-electron chi connectivity index (χ3n) is 6.98. The minimum Gasteiger partial charge on any atom is -0.363 e. The summed E-state index contributed by atoms with van der Waals surface area (Å²) in [6.45, 7) is 6.30. The fraction of sp³-hybridized carbons (Fsp3) is 0.423. The number of likely N-dealkylation sites (tertiary alicyclic amines) is 1. The number of carbonyl (C=O) groups excluding carboxylic acids is 1. The molecule has 188 valence electrons. The van der Waals surface area contributed by atoms with Gasteiger partial charge in [-0.2, -0.15) is 0 Å². The summed E-state index contributed by atoms with van der Waals surface area (Å²) in [4.78, 5) is 35.2. The van der Waals surface area contributed by atoms with Crippen molar-refractivity contribution in [2.45, 2.75) is 58.2 Å². The number of methoxy groups -OCH3 is 1. The number of hydrogen-bond acceptors (Lipinski definition) is 9. The molecule has 2 aliphatic heterocycles. The lowest BCUT2D eigenvalue weighted by atomic mass is 9.96. The van der Waals surface area contributed by atoms with Crippen molar-refractivity contribution in [3.05, 3.63) is 71.1 Å². The van der Waals surface area contributed by atoms with Gasteiger partial charge in [0.05, 0.1) is 23.3 Å². The van der Waals surface area contributed by atoms with E-state index in [1.165, 1.54) is 13.3 Å². The number of hydrogen-bond donors (Lipinski definition) is 2. The molecular weight excluding hydrogens is 458 g/mol. The zero-order valence-corrected chi connectivity index (χ0v) is 20.8. The Balaban J connectivity index is 1.21. The van der Waals surface area contributed by atoms with Crippen LogP contribution in [0.5, 0.6) is 0 Å². The Kier molecular flexibility index (Phi) is 6.90. The Morgan fingerprint density at radius 2 is 2.06 bits per heavy atom. The van der Waals surface area contributed by atoms with E-state index in [0.29, 0.717) is 29.8 Å². The minimum atomic E-state index is -1.15. The first-order valence-corrected chi connectivity index (χ1v) is 12.2. The maximum atomic E-state index is 13.2. The molecule has 2 aliphatic rings. The zero-order chi connectivity index (χ0) is 25.2. The summed E-state index contributed by atoms with van der Waals surface area (Å²) in [7, 11) is 1.40. The van der Waals surface area contributed by atoms with Gasteiger partial charge >= 0.3 is 0 Å². The maximum absolute atomic E-state index is 13.2. The van der Waals surface area contributed by atoms with E-state index < -0.39 is 6.29 Å². The van der Waals surface area contributed by atoms with Gasteiger partial charge in [-0.15, -0.1) is 0 Å². The number of piperidine rings is 1. The van der Waals surface area contributed by atoms with E-state index in [1.54, 1.807) is 18.3 Å². The summed E-state index contributed by atoms with van der Waals surface area (Å²) >= 11 is 0. The first kappa shape index (κ1) is 24.2. The molecule has 0 aromatic carbocycles. The van der Waals surface area contributed by atoms with Crippen LogP contribution in [0, 0.1) is 6.92 Å². The summed E-state index contributed by atoms with van der Waals surface area (Å²) in [5.41, 5.74) is 4.85. The van der Waals surface area contributed by atoms with Crippen LogP contribution in [0.25, 0.3) is 0 Å². The van der Waals surface area contributed by atoms with Gasteiger partial charge in [0.2, 0.25) is 5.95 Å². The minimum absolute atomic E-state index is 0.0511. The third kappa shape index (κ3) is 5.06. The third-order valence-corrected chi connectivity index (χ3v) is 6.98. The first-order valence-electron chi connectivity index (χ1n) is 12.2. The fourth-order valence-corrected chi connectivity index (χ4v) is 4.95. The Bertz CT molecular complexity index is 1240. The van der Waals surface area contributed by atoms with Crippen molar-refractivity contribution in [3.63, 3.8) is 0 Å². The number of nitrogens with one attached hydrogen (secondary N) is 1. The molecule has 2 N–H and O–H groups in total. The molecule has 0 saturated carbocycles. The maximum Gasteiger partial charge on any atom is 0.254 e. The number of nitrogens with zero attached hydrogens (tertiary/aromatic N) is 6. The summed E-state index contributed by atoms with van der Waals surface area (Å²) < 4.78 is 4.92. The topological polar surface area (TPSA) is 117 Å². The molecule has 36 heavy (non-hydrogen) atoms. The summed E-state index contributed by atoms with van der Waals surface area (Å²) in [5.74, 6) is 0.523. The second-order valence-electron chi connectivity index (χ2n) is 9.47. The van der Waals surface area contributed by atoms with Gasteiger partial charge in [-0.25, -0.2) is 9.97 Å². The Labute approximate surface area is 210 Å². The van der Waals surface area contributed by atoms with E-state index in [1.807, 2.05) is 30.2 Å². The van der Waals surface area contributed by atoms with Crippen LogP contribution < -0.4 is 5.32 Å². The Morgan fingerprint density at radius 1 is 1.19 bits per heavy atom. The molecule has 0 aliphatic carbocycles. The molecule has 3 atom stereocenters. The highest BCUT2D eigenvalue weighted by atomic mass is 16.6. The predicted octanol–water partition coefficient (Wildman–Crippen LogP) is 2.96. The number of rotatable bonds is 6. The number of fused-ring (bicyclic) bond motifs is 1. The van der Waals surface area contributed by atoms with Crippen LogP contribution in [-0.4, -0.2) is 66.5 Å². The van der Waals surface area contributed by atoms with E-state index in [-0.39, 0.29) is 11.9 Å². The summed E-state index contributed by atoms with van der Waals surface area (Å²) in [6, 6.07) is 7.64. The van der Waals surface area contributed by atoms with Crippen LogP contribution >= 0.6 is 0 Å². The molecule has 0 spiro atoms. The van der Waals surface area contributed by atoms with E-state index >= 15 is 0 Å². The van der Waals surface area contributed by atoms with Gasteiger partial charge in [0.1, 0.15) is 0 Å². The van der Waals surface area contributed by atoms with E-state index in [2.05, 4.69) is 32.1 Å². The average Bonchev–Trinajstić information content (AvgIpc) is 3.33. The highest BCUT2D eigenvalue weighted by Crippen LogP contribution is 2.31. The molecule has 5 rings (SSSR count). The second-order valence-corrected chi connectivity index (χ2v) is 9.47. The lowest BCUT2D eigenvalue weighted by Gasteiger charge is -2.41. The lowest BCUT2D eigenvalue weighted by Crippen LogP contribution is -2.50. The molecule has 1 saturated heterocycles. The molecule has 0 bridgehead atoms.